The summed E-state index contributed by atoms with van der Waals surface area (Å²) in [6.07, 6.45) is 3.39. The number of hydrogen-bond donors (Lipinski definition) is 0. The first kappa shape index (κ1) is 14.7. The molecule has 1 aromatic rings. The second kappa shape index (κ2) is 4.34. The van der Waals surface area contributed by atoms with Gasteiger partial charge in [0.1, 0.15) is 0 Å². The van der Waals surface area contributed by atoms with Gasteiger partial charge in [0.2, 0.25) is 0 Å². The van der Waals surface area contributed by atoms with Crippen LogP contribution in [-0.4, -0.2) is 21.8 Å². The van der Waals surface area contributed by atoms with Crippen LogP contribution in [0.5, 0.6) is 0 Å². The largest absolute Gasteiger partial charge is 0.330 e. The Hall–Kier alpha value is -1.91. The summed E-state index contributed by atoms with van der Waals surface area (Å²) in [6, 6.07) is 5.04. The van der Waals surface area contributed by atoms with Crippen molar-refractivity contribution in [2.75, 3.05) is 0 Å². The molecule has 2 fully saturated rings. The Morgan fingerprint density at radius 3 is 2.61 bits per heavy atom. The van der Waals surface area contributed by atoms with E-state index in [2.05, 4.69) is 20.8 Å². The topological polar surface area (TPSA) is 63.4 Å². The number of fused-ring (bicyclic) bond motifs is 3. The first-order valence-electron chi connectivity index (χ1n) is 8.34. The molecule has 1 aliphatic heterocycles. The molecule has 0 saturated heterocycles. The number of nitro groups is 1. The summed E-state index contributed by atoms with van der Waals surface area (Å²) in [6.45, 7) is 7.32. The van der Waals surface area contributed by atoms with Crippen molar-refractivity contribution in [2.24, 2.45) is 16.7 Å². The van der Waals surface area contributed by atoms with Crippen LogP contribution in [0.3, 0.4) is 0 Å². The maximum absolute atomic E-state index is 12.9. The number of carbonyl (C=O) groups is 1. The Balaban J connectivity index is 1.73. The molecule has 2 saturated carbocycles. The summed E-state index contributed by atoms with van der Waals surface area (Å²) in [5, 5.41) is 11.3. The van der Waals surface area contributed by atoms with E-state index < -0.39 is 0 Å². The van der Waals surface area contributed by atoms with Crippen LogP contribution in [0.4, 0.5) is 5.69 Å². The fraction of sp³-hybridized carbons (Fsp3) is 0.611. The Morgan fingerprint density at radius 2 is 2.04 bits per heavy atom. The molecule has 2 bridgehead atoms. The summed E-state index contributed by atoms with van der Waals surface area (Å²) < 4.78 is 0. The average Bonchev–Trinajstić information content (AvgIpc) is 3.01. The third-order valence-corrected chi connectivity index (χ3v) is 7.29. The maximum atomic E-state index is 12.9. The van der Waals surface area contributed by atoms with Crippen LogP contribution in [0.2, 0.25) is 0 Å². The molecule has 122 valence electrons. The Bertz CT molecular complexity index is 727. The molecule has 3 atom stereocenters. The van der Waals surface area contributed by atoms with Crippen LogP contribution < -0.4 is 0 Å². The quantitative estimate of drug-likeness (QED) is 0.616. The number of carbonyl (C=O) groups excluding carboxylic acids is 1. The van der Waals surface area contributed by atoms with Crippen LogP contribution in [0.15, 0.2) is 18.2 Å². The predicted molar refractivity (Wildman–Crippen MR) is 86.0 cm³/mol. The second-order valence-corrected chi connectivity index (χ2v) is 8.12. The van der Waals surface area contributed by atoms with Crippen LogP contribution in [0, 0.1) is 26.9 Å². The molecule has 0 aromatic heterocycles. The van der Waals surface area contributed by atoms with Gasteiger partial charge in [-0.1, -0.05) is 26.8 Å². The molecule has 3 aliphatic rings. The Morgan fingerprint density at radius 1 is 1.30 bits per heavy atom. The van der Waals surface area contributed by atoms with Gasteiger partial charge in [-0.15, -0.1) is 0 Å². The predicted octanol–water partition coefficient (Wildman–Crippen LogP) is 3.77. The minimum absolute atomic E-state index is 0.0294. The zero-order chi connectivity index (χ0) is 16.6. The van der Waals surface area contributed by atoms with E-state index in [1.54, 1.807) is 12.1 Å². The van der Waals surface area contributed by atoms with E-state index in [-0.39, 0.29) is 33.4 Å². The Labute approximate surface area is 135 Å². The van der Waals surface area contributed by atoms with Crippen molar-refractivity contribution in [1.82, 2.24) is 4.90 Å². The van der Waals surface area contributed by atoms with Crippen molar-refractivity contribution in [1.29, 1.82) is 0 Å². The molecule has 0 spiro atoms. The minimum atomic E-state index is -0.373. The van der Waals surface area contributed by atoms with Crippen molar-refractivity contribution in [3.05, 3.63) is 39.4 Å². The standard InChI is InChI=1S/C18H22N2O3/c1-17(2)11-7-8-18(17,3)15(9-11)19-10-13-12(16(19)21)5-4-6-14(13)20(22)23/h4-6,11,15H,7-10H2,1-3H3/t11-,15-,18?/m1/s1. The zero-order valence-electron chi connectivity index (χ0n) is 13.8. The summed E-state index contributed by atoms with van der Waals surface area (Å²) >= 11 is 0. The first-order chi connectivity index (χ1) is 10.8. The number of rotatable bonds is 2. The average molecular weight is 314 g/mol. The molecular weight excluding hydrogens is 292 g/mol. The van der Waals surface area contributed by atoms with Gasteiger partial charge in [-0.3, -0.25) is 14.9 Å². The lowest BCUT2D eigenvalue weighted by molar-refractivity contribution is -0.385. The lowest BCUT2D eigenvalue weighted by Crippen LogP contribution is -2.47. The molecule has 5 nitrogen and oxygen atoms in total. The SMILES string of the molecule is CC1(C)[C@@H]2CCC1(C)[C@H](N1Cc3c(cccc3[N+](=O)[O-])C1=O)C2. The van der Waals surface area contributed by atoms with Gasteiger partial charge in [-0.05, 0) is 42.1 Å². The van der Waals surface area contributed by atoms with Gasteiger partial charge < -0.3 is 4.90 Å². The molecule has 1 heterocycles. The van der Waals surface area contributed by atoms with Gasteiger partial charge in [-0.2, -0.15) is 0 Å². The second-order valence-electron chi connectivity index (χ2n) is 8.12. The van der Waals surface area contributed by atoms with E-state index >= 15 is 0 Å². The van der Waals surface area contributed by atoms with Gasteiger partial charge in [-0.25, -0.2) is 0 Å². The number of nitro benzene ring substituents is 1. The van der Waals surface area contributed by atoms with Gasteiger partial charge in [0.15, 0.2) is 0 Å². The van der Waals surface area contributed by atoms with Gasteiger partial charge in [0, 0.05) is 12.1 Å². The Kier molecular flexibility index (Phi) is 2.77. The molecule has 1 unspecified atom stereocenters. The molecular formula is C18H22N2O3. The smallest absolute Gasteiger partial charge is 0.275 e. The molecule has 0 N–H and O–H groups in total. The van der Waals surface area contributed by atoms with Crippen LogP contribution in [0.1, 0.15) is 56.0 Å². The molecule has 2 aliphatic carbocycles. The summed E-state index contributed by atoms with van der Waals surface area (Å²) in [7, 11) is 0. The van der Waals surface area contributed by atoms with Crippen LogP contribution in [0.25, 0.3) is 0 Å². The van der Waals surface area contributed by atoms with Crippen molar-refractivity contribution < 1.29 is 9.72 Å². The molecule has 1 aromatic carbocycles. The number of amides is 1. The summed E-state index contributed by atoms with van der Waals surface area (Å²) in [5.41, 5.74) is 1.50. The van der Waals surface area contributed by atoms with Crippen molar-refractivity contribution in [3.8, 4) is 0 Å². The molecule has 23 heavy (non-hydrogen) atoms. The maximum Gasteiger partial charge on any atom is 0.275 e. The van der Waals surface area contributed by atoms with E-state index in [4.69, 9.17) is 0 Å². The fourth-order valence-corrected chi connectivity index (χ4v) is 5.39. The van der Waals surface area contributed by atoms with E-state index in [9.17, 15) is 14.9 Å². The first-order valence-corrected chi connectivity index (χ1v) is 8.34. The highest BCUT2D eigenvalue weighted by Gasteiger charge is 2.63. The summed E-state index contributed by atoms with van der Waals surface area (Å²) in [4.78, 5) is 25.7. The zero-order valence-corrected chi connectivity index (χ0v) is 13.8. The highest BCUT2D eigenvalue weighted by atomic mass is 16.6. The lowest BCUT2D eigenvalue weighted by Gasteiger charge is -2.43. The normalized spacial score (nSPS) is 34.0. The monoisotopic (exact) mass is 314 g/mol. The van der Waals surface area contributed by atoms with Crippen molar-refractivity contribution in [3.63, 3.8) is 0 Å². The van der Waals surface area contributed by atoms with E-state index in [1.807, 2.05) is 4.90 Å². The van der Waals surface area contributed by atoms with E-state index in [0.29, 0.717) is 23.6 Å². The molecule has 1 amide bonds. The fourth-order valence-electron chi connectivity index (χ4n) is 5.39. The van der Waals surface area contributed by atoms with Crippen LogP contribution >= 0.6 is 0 Å². The van der Waals surface area contributed by atoms with E-state index in [0.717, 1.165) is 12.8 Å². The lowest BCUT2D eigenvalue weighted by atomic mass is 9.69. The van der Waals surface area contributed by atoms with Gasteiger partial charge in [0.25, 0.3) is 11.6 Å². The van der Waals surface area contributed by atoms with Gasteiger partial charge in [0.05, 0.1) is 22.6 Å². The third-order valence-electron chi connectivity index (χ3n) is 7.29. The van der Waals surface area contributed by atoms with Gasteiger partial charge >= 0.3 is 0 Å². The molecule has 5 heteroatoms. The molecule has 0 radical (unpaired) electrons. The number of benzene rings is 1. The minimum Gasteiger partial charge on any atom is -0.330 e. The third kappa shape index (κ3) is 1.65. The number of nitrogens with zero attached hydrogens (tertiary/aromatic N) is 2. The molecule has 4 rings (SSSR count). The van der Waals surface area contributed by atoms with Crippen LogP contribution in [-0.2, 0) is 6.54 Å². The van der Waals surface area contributed by atoms with Crippen molar-refractivity contribution >= 4 is 11.6 Å². The summed E-state index contributed by atoms with van der Waals surface area (Å²) in [5.74, 6) is 0.613. The van der Waals surface area contributed by atoms with Crippen molar-refractivity contribution in [2.45, 2.75) is 52.6 Å². The van der Waals surface area contributed by atoms with E-state index in [1.165, 1.54) is 12.5 Å². The number of hydrogen-bond acceptors (Lipinski definition) is 3. The highest BCUT2D eigenvalue weighted by Crippen LogP contribution is 2.67. The highest BCUT2D eigenvalue weighted by molar-refractivity contribution is 5.99.